The van der Waals surface area contributed by atoms with E-state index in [0.717, 1.165) is 22.5 Å². The first-order chi connectivity index (χ1) is 14.2. The lowest BCUT2D eigenvalue weighted by atomic mass is 9.99. The summed E-state index contributed by atoms with van der Waals surface area (Å²) in [6.45, 7) is 0.547. The molecule has 1 aromatic heterocycles. The van der Waals surface area contributed by atoms with Gasteiger partial charge in [-0.1, -0.05) is 30.3 Å². The van der Waals surface area contributed by atoms with Crippen molar-refractivity contribution in [2.24, 2.45) is 0 Å². The topological polar surface area (TPSA) is 62.3 Å². The molecule has 1 N–H and O–H groups in total. The molecule has 146 valence electrons. The standard InChI is InChI=1S/C23H21N3O2S/c1-29-23-19(8-5-13-24-23)22(28)25-18-10-11-20-17(14-18)9-12-21(27)26(20)15-16-6-3-2-4-7-16/h2-8,10-11,13-14H,9,12,15H2,1H3,(H,25,28). The number of nitrogens with one attached hydrogen (secondary N) is 1. The second-order valence-electron chi connectivity index (χ2n) is 6.82. The molecule has 1 aliphatic rings. The summed E-state index contributed by atoms with van der Waals surface area (Å²) in [5, 5.41) is 3.66. The van der Waals surface area contributed by atoms with E-state index in [1.165, 1.54) is 11.8 Å². The molecule has 0 aliphatic carbocycles. The van der Waals surface area contributed by atoms with Gasteiger partial charge in [-0.3, -0.25) is 9.59 Å². The zero-order valence-corrected chi connectivity index (χ0v) is 16.9. The fourth-order valence-electron chi connectivity index (χ4n) is 3.50. The van der Waals surface area contributed by atoms with Crippen molar-refractivity contribution in [3.63, 3.8) is 0 Å². The number of carbonyl (C=O) groups is 2. The SMILES string of the molecule is CSc1ncccc1C(=O)Nc1ccc2c(c1)CCC(=O)N2Cc1ccccc1. The first-order valence-electron chi connectivity index (χ1n) is 9.43. The smallest absolute Gasteiger partial charge is 0.258 e. The maximum atomic E-state index is 12.7. The molecule has 0 radical (unpaired) electrons. The fraction of sp³-hybridized carbons (Fsp3) is 0.174. The molecule has 2 amide bonds. The van der Waals surface area contributed by atoms with Crippen LogP contribution in [0.15, 0.2) is 71.9 Å². The normalized spacial score (nSPS) is 13.1. The monoisotopic (exact) mass is 403 g/mol. The number of hydrogen-bond acceptors (Lipinski definition) is 4. The van der Waals surface area contributed by atoms with Gasteiger partial charge in [-0.05, 0) is 54.1 Å². The minimum atomic E-state index is -0.185. The molecule has 2 heterocycles. The lowest BCUT2D eigenvalue weighted by Gasteiger charge is -2.30. The van der Waals surface area contributed by atoms with Crippen molar-refractivity contribution in [1.29, 1.82) is 0 Å². The molecule has 4 rings (SSSR count). The fourth-order valence-corrected chi connectivity index (χ4v) is 4.05. The number of carbonyl (C=O) groups excluding carboxylic acids is 2. The molecule has 2 aromatic carbocycles. The Morgan fingerprint density at radius 3 is 2.72 bits per heavy atom. The van der Waals surface area contributed by atoms with Gasteiger partial charge < -0.3 is 10.2 Å². The summed E-state index contributed by atoms with van der Waals surface area (Å²) in [7, 11) is 0. The van der Waals surface area contributed by atoms with Crippen molar-refractivity contribution in [3.8, 4) is 0 Å². The third-order valence-electron chi connectivity index (χ3n) is 4.93. The molecule has 0 fully saturated rings. The molecule has 0 saturated heterocycles. The van der Waals surface area contributed by atoms with Crippen LogP contribution in [0.1, 0.15) is 27.9 Å². The van der Waals surface area contributed by atoms with Gasteiger partial charge in [0.2, 0.25) is 5.91 Å². The van der Waals surface area contributed by atoms with Crippen LogP contribution < -0.4 is 10.2 Å². The lowest BCUT2D eigenvalue weighted by Crippen LogP contribution is -2.34. The largest absolute Gasteiger partial charge is 0.322 e. The number of aromatic nitrogens is 1. The maximum absolute atomic E-state index is 12.7. The van der Waals surface area contributed by atoms with E-state index >= 15 is 0 Å². The first kappa shape index (κ1) is 19.2. The zero-order chi connectivity index (χ0) is 20.2. The van der Waals surface area contributed by atoms with E-state index < -0.39 is 0 Å². The van der Waals surface area contributed by atoms with Gasteiger partial charge in [0.15, 0.2) is 0 Å². The van der Waals surface area contributed by atoms with Gasteiger partial charge >= 0.3 is 0 Å². The molecule has 0 unspecified atom stereocenters. The highest BCUT2D eigenvalue weighted by atomic mass is 32.2. The van der Waals surface area contributed by atoms with Crippen LogP contribution in [-0.2, 0) is 17.8 Å². The van der Waals surface area contributed by atoms with E-state index in [0.29, 0.717) is 30.0 Å². The van der Waals surface area contributed by atoms with Crippen LogP contribution in [-0.4, -0.2) is 23.1 Å². The van der Waals surface area contributed by atoms with Gasteiger partial charge in [0.1, 0.15) is 5.03 Å². The van der Waals surface area contributed by atoms with Gasteiger partial charge in [-0.25, -0.2) is 4.98 Å². The molecule has 1 aliphatic heterocycles. The van der Waals surface area contributed by atoms with E-state index in [4.69, 9.17) is 0 Å². The number of pyridine rings is 1. The summed E-state index contributed by atoms with van der Waals surface area (Å²) in [5.41, 5.74) is 4.34. The van der Waals surface area contributed by atoms with Crippen LogP contribution in [0.5, 0.6) is 0 Å². The van der Waals surface area contributed by atoms with Gasteiger partial charge in [0, 0.05) is 24.0 Å². The van der Waals surface area contributed by atoms with E-state index in [9.17, 15) is 9.59 Å². The number of thioether (sulfide) groups is 1. The van der Waals surface area contributed by atoms with Crippen LogP contribution in [0.3, 0.4) is 0 Å². The number of rotatable bonds is 5. The summed E-state index contributed by atoms with van der Waals surface area (Å²) in [6, 6.07) is 19.2. The molecular formula is C23H21N3O2S. The number of amides is 2. The molecule has 0 saturated carbocycles. The number of anilines is 2. The molecule has 0 spiro atoms. The first-order valence-corrected chi connectivity index (χ1v) is 10.7. The van der Waals surface area contributed by atoms with Crippen molar-refractivity contribution in [2.45, 2.75) is 24.4 Å². The summed E-state index contributed by atoms with van der Waals surface area (Å²) < 4.78 is 0. The molecule has 0 bridgehead atoms. The minimum absolute atomic E-state index is 0.123. The van der Waals surface area contributed by atoms with Crippen molar-refractivity contribution in [3.05, 3.63) is 83.6 Å². The molecule has 0 atom stereocenters. The Kier molecular flexibility index (Phi) is 5.62. The highest BCUT2D eigenvalue weighted by molar-refractivity contribution is 7.98. The second-order valence-corrected chi connectivity index (χ2v) is 7.62. The number of aryl methyl sites for hydroxylation is 1. The summed E-state index contributed by atoms with van der Waals surface area (Å²) in [5.74, 6) is -0.0615. The molecular weight excluding hydrogens is 382 g/mol. The molecule has 6 heteroatoms. The Morgan fingerprint density at radius 1 is 1.10 bits per heavy atom. The second kappa shape index (κ2) is 8.49. The van der Waals surface area contributed by atoms with Crippen molar-refractivity contribution >= 4 is 35.0 Å². The predicted molar refractivity (Wildman–Crippen MR) is 116 cm³/mol. The van der Waals surface area contributed by atoms with Crippen LogP contribution in [0.4, 0.5) is 11.4 Å². The number of hydrogen-bond donors (Lipinski definition) is 1. The van der Waals surface area contributed by atoms with Gasteiger partial charge in [0.25, 0.3) is 5.91 Å². The summed E-state index contributed by atoms with van der Waals surface area (Å²) in [6.07, 6.45) is 4.72. The number of benzene rings is 2. The summed E-state index contributed by atoms with van der Waals surface area (Å²) >= 11 is 1.44. The quantitative estimate of drug-likeness (QED) is 0.636. The highest BCUT2D eigenvalue weighted by Gasteiger charge is 2.24. The van der Waals surface area contributed by atoms with Crippen LogP contribution in [0.2, 0.25) is 0 Å². The Balaban J connectivity index is 1.57. The zero-order valence-electron chi connectivity index (χ0n) is 16.1. The molecule has 5 nitrogen and oxygen atoms in total. The van der Waals surface area contributed by atoms with E-state index in [-0.39, 0.29) is 11.8 Å². The Labute approximate surface area is 174 Å². The average molecular weight is 404 g/mol. The van der Waals surface area contributed by atoms with Crippen LogP contribution in [0, 0.1) is 0 Å². The predicted octanol–water partition coefficient (Wildman–Crippen LogP) is 4.54. The van der Waals surface area contributed by atoms with E-state index in [1.807, 2.05) is 59.7 Å². The van der Waals surface area contributed by atoms with Crippen molar-refractivity contribution < 1.29 is 9.59 Å². The maximum Gasteiger partial charge on any atom is 0.258 e. The lowest BCUT2D eigenvalue weighted by molar-refractivity contribution is -0.119. The molecule has 3 aromatic rings. The minimum Gasteiger partial charge on any atom is -0.322 e. The van der Waals surface area contributed by atoms with Crippen molar-refractivity contribution in [2.75, 3.05) is 16.5 Å². The average Bonchev–Trinajstić information content (AvgIpc) is 2.76. The number of fused-ring (bicyclic) bond motifs is 1. The number of nitrogens with zero attached hydrogens (tertiary/aromatic N) is 2. The van der Waals surface area contributed by atoms with E-state index in [2.05, 4.69) is 10.3 Å². The summed E-state index contributed by atoms with van der Waals surface area (Å²) in [4.78, 5) is 31.3. The van der Waals surface area contributed by atoms with Crippen LogP contribution >= 0.6 is 11.8 Å². The molecule has 29 heavy (non-hydrogen) atoms. The Bertz CT molecular complexity index is 1050. The third kappa shape index (κ3) is 4.17. The van der Waals surface area contributed by atoms with Gasteiger partial charge in [0.05, 0.1) is 12.1 Å². The van der Waals surface area contributed by atoms with Crippen molar-refractivity contribution in [1.82, 2.24) is 4.98 Å². The highest BCUT2D eigenvalue weighted by Crippen LogP contribution is 2.32. The van der Waals surface area contributed by atoms with Gasteiger partial charge in [-0.2, -0.15) is 0 Å². The third-order valence-corrected chi connectivity index (χ3v) is 5.64. The van der Waals surface area contributed by atoms with E-state index in [1.54, 1.807) is 18.3 Å². The Morgan fingerprint density at radius 2 is 1.93 bits per heavy atom. The Hall–Kier alpha value is -3.12. The van der Waals surface area contributed by atoms with Crippen LogP contribution in [0.25, 0.3) is 0 Å². The van der Waals surface area contributed by atoms with Gasteiger partial charge in [-0.15, -0.1) is 11.8 Å².